The highest BCUT2D eigenvalue weighted by Gasteiger charge is 2.22. The van der Waals surface area contributed by atoms with Crippen LogP contribution in [-0.2, 0) is 15.4 Å². The molecule has 6 heteroatoms. The van der Waals surface area contributed by atoms with Crippen LogP contribution in [0.3, 0.4) is 0 Å². The third kappa shape index (κ3) is 4.85. The van der Waals surface area contributed by atoms with Crippen molar-refractivity contribution in [3.63, 3.8) is 0 Å². The number of sulfonamides is 1. The lowest BCUT2D eigenvalue weighted by molar-refractivity contribution is 0.0943. The number of hydrogen-bond donors (Lipinski definition) is 2. The molecule has 5 nitrogen and oxygen atoms in total. The maximum Gasteiger partial charge on any atom is 0.261 e. The van der Waals surface area contributed by atoms with E-state index < -0.39 is 10.0 Å². The van der Waals surface area contributed by atoms with Crippen molar-refractivity contribution in [1.29, 1.82) is 0 Å². The van der Waals surface area contributed by atoms with Crippen molar-refractivity contribution in [2.45, 2.75) is 51.0 Å². The summed E-state index contributed by atoms with van der Waals surface area (Å²) in [5.41, 5.74) is 1.54. The van der Waals surface area contributed by atoms with Gasteiger partial charge in [0.15, 0.2) is 0 Å². The minimum absolute atomic E-state index is 0.0282. The Morgan fingerprint density at radius 2 is 1.65 bits per heavy atom. The smallest absolute Gasteiger partial charge is 0.261 e. The van der Waals surface area contributed by atoms with Crippen LogP contribution in [-0.4, -0.2) is 20.4 Å². The predicted octanol–water partition coefficient (Wildman–Crippen LogP) is 3.92. The van der Waals surface area contributed by atoms with Gasteiger partial charge in [-0.05, 0) is 49.1 Å². The molecule has 0 aliphatic carbocycles. The van der Waals surface area contributed by atoms with Crippen molar-refractivity contribution < 1.29 is 13.2 Å². The molecule has 0 fully saturated rings. The summed E-state index contributed by atoms with van der Waals surface area (Å²) in [6, 6.07) is 13.3. The predicted molar refractivity (Wildman–Crippen MR) is 105 cm³/mol. The fourth-order valence-electron chi connectivity index (χ4n) is 2.58. The molecule has 1 amide bonds. The lowest BCUT2D eigenvalue weighted by Crippen LogP contribution is -2.30. The van der Waals surface area contributed by atoms with Gasteiger partial charge in [0.1, 0.15) is 0 Å². The molecule has 0 aromatic heterocycles. The van der Waals surface area contributed by atoms with Gasteiger partial charge >= 0.3 is 0 Å². The van der Waals surface area contributed by atoms with Gasteiger partial charge < -0.3 is 5.32 Å². The Labute approximate surface area is 155 Å². The lowest BCUT2D eigenvalue weighted by atomic mass is 9.86. The molecular formula is C20H26N2O3S. The summed E-state index contributed by atoms with van der Waals surface area (Å²) >= 11 is 0. The van der Waals surface area contributed by atoms with E-state index in [1.165, 1.54) is 12.1 Å². The van der Waals surface area contributed by atoms with E-state index in [-0.39, 0.29) is 22.3 Å². The molecule has 2 aromatic carbocycles. The van der Waals surface area contributed by atoms with Crippen LogP contribution in [0.2, 0.25) is 0 Å². The van der Waals surface area contributed by atoms with E-state index in [4.69, 9.17) is 0 Å². The molecule has 26 heavy (non-hydrogen) atoms. The van der Waals surface area contributed by atoms with Crippen LogP contribution < -0.4 is 10.0 Å². The third-order valence-electron chi connectivity index (χ3n) is 3.81. The number of rotatable bonds is 5. The number of anilines is 1. The normalized spacial score (nSPS) is 12.1. The Hall–Kier alpha value is -2.34. The molecule has 2 N–H and O–H groups in total. The zero-order chi connectivity index (χ0) is 19.5. The lowest BCUT2D eigenvalue weighted by Gasteiger charge is -2.23. The van der Waals surface area contributed by atoms with E-state index in [1.54, 1.807) is 24.3 Å². The van der Waals surface area contributed by atoms with Crippen molar-refractivity contribution in [2.24, 2.45) is 0 Å². The quantitative estimate of drug-likeness (QED) is 0.833. The van der Waals surface area contributed by atoms with E-state index in [9.17, 15) is 13.2 Å². The van der Waals surface area contributed by atoms with E-state index >= 15 is 0 Å². The molecule has 0 unspecified atom stereocenters. The van der Waals surface area contributed by atoms with Gasteiger partial charge in [-0.25, -0.2) is 8.42 Å². The van der Waals surface area contributed by atoms with Crippen LogP contribution in [0.15, 0.2) is 53.4 Å². The van der Waals surface area contributed by atoms with E-state index in [0.29, 0.717) is 11.3 Å². The molecule has 0 spiro atoms. The second kappa shape index (κ2) is 7.50. The molecule has 0 heterocycles. The Kier molecular flexibility index (Phi) is 5.76. The van der Waals surface area contributed by atoms with Gasteiger partial charge in [0.2, 0.25) is 0 Å². The van der Waals surface area contributed by atoms with Crippen molar-refractivity contribution in [3.05, 3.63) is 59.7 Å². The summed E-state index contributed by atoms with van der Waals surface area (Å²) in [6.45, 7) is 9.78. The monoisotopic (exact) mass is 374 g/mol. The van der Waals surface area contributed by atoms with Crippen molar-refractivity contribution >= 4 is 21.6 Å². The van der Waals surface area contributed by atoms with Gasteiger partial charge in [-0.15, -0.1) is 0 Å². The third-order valence-corrected chi connectivity index (χ3v) is 5.17. The highest BCUT2D eigenvalue weighted by molar-refractivity contribution is 7.92. The van der Waals surface area contributed by atoms with Gasteiger partial charge in [0.05, 0.1) is 10.6 Å². The average Bonchev–Trinajstić information content (AvgIpc) is 2.53. The zero-order valence-corrected chi connectivity index (χ0v) is 16.6. The van der Waals surface area contributed by atoms with Gasteiger partial charge in [-0.2, -0.15) is 0 Å². The van der Waals surface area contributed by atoms with Crippen molar-refractivity contribution in [1.82, 2.24) is 5.32 Å². The average molecular weight is 375 g/mol. The molecule has 0 aliphatic rings. The number of hydrogen-bond acceptors (Lipinski definition) is 3. The number of nitrogens with one attached hydrogen (secondary N) is 2. The summed E-state index contributed by atoms with van der Waals surface area (Å²) in [5.74, 6) is -0.299. The van der Waals surface area contributed by atoms with Gasteiger partial charge in [0.25, 0.3) is 15.9 Å². The van der Waals surface area contributed by atoms with Crippen LogP contribution in [0.1, 0.15) is 50.5 Å². The summed E-state index contributed by atoms with van der Waals surface area (Å²) in [4.78, 5) is 12.2. The Balaban J connectivity index is 2.37. The fourth-order valence-corrected chi connectivity index (χ4v) is 3.71. The number of benzene rings is 2. The molecule has 0 atom stereocenters. The first-order valence-electron chi connectivity index (χ1n) is 8.54. The van der Waals surface area contributed by atoms with Gasteiger partial charge in [-0.3, -0.25) is 9.52 Å². The second-order valence-electron chi connectivity index (χ2n) is 7.56. The Bertz CT molecular complexity index is 897. The number of carbonyl (C=O) groups is 1. The molecule has 0 saturated heterocycles. The minimum Gasteiger partial charge on any atom is -0.350 e. The summed E-state index contributed by atoms with van der Waals surface area (Å²) in [5, 5.41) is 2.76. The Morgan fingerprint density at radius 3 is 2.27 bits per heavy atom. The van der Waals surface area contributed by atoms with Crippen LogP contribution in [0.25, 0.3) is 0 Å². The Morgan fingerprint density at radius 1 is 1.00 bits per heavy atom. The topological polar surface area (TPSA) is 75.3 Å². The summed E-state index contributed by atoms with van der Waals surface area (Å²) in [6.07, 6.45) is 0. The minimum atomic E-state index is -3.81. The second-order valence-corrected chi connectivity index (χ2v) is 9.24. The molecule has 2 rings (SSSR count). The van der Waals surface area contributed by atoms with Gasteiger partial charge in [0, 0.05) is 11.6 Å². The van der Waals surface area contributed by atoms with E-state index in [1.807, 2.05) is 46.8 Å². The number of carbonyl (C=O) groups excluding carboxylic acids is 1. The summed E-state index contributed by atoms with van der Waals surface area (Å²) < 4.78 is 28.3. The van der Waals surface area contributed by atoms with Crippen LogP contribution >= 0.6 is 0 Å². The maximum atomic E-state index is 12.8. The van der Waals surface area contributed by atoms with Crippen LogP contribution in [0, 0.1) is 0 Å². The first-order valence-corrected chi connectivity index (χ1v) is 10.0. The number of para-hydroxylation sites is 1. The number of amides is 1. The largest absolute Gasteiger partial charge is 0.350 e. The zero-order valence-electron chi connectivity index (χ0n) is 15.8. The fraction of sp³-hybridized carbons (Fsp3) is 0.350. The van der Waals surface area contributed by atoms with Crippen LogP contribution in [0.4, 0.5) is 5.69 Å². The van der Waals surface area contributed by atoms with E-state index in [0.717, 1.165) is 5.56 Å². The van der Waals surface area contributed by atoms with Crippen molar-refractivity contribution in [3.8, 4) is 0 Å². The molecule has 0 aliphatic heterocycles. The molecular weight excluding hydrogens is 348 g/mol. The SMILES string of the molecule is CC(C)NC(=O)c1cccc(S(=O)(=O)Nc2ccccc2C(C)(C)C)c1. The van der Waals surface area contributed by atoms with Gasteiger partial charge in [-0.1, -0.05) is 45.0 Å². The maximum absolute atomic E-state index is 12.8. The van der Waals surface area contributed by atoms with Crippen LogP contribution in [0.5, 0.6) is 0 Å². The van der Waals surface area contributed by atoms with E-state index in [2.05, 4.69) is 10.0 Å². The highest BCUT2D eigenvalue weighted by Crippen LogP contribution is 2.30. The first kappa shape index (κ1) is 20.0. The van der Waals surface area contributed by atoms with Crippen molar-refractivity contribution in [2.75, 3.05) is 4.72 Å². The first-order chi connectivity index (χ1) is 12.0. The molecule has 0 bridgehead atoms. The summed E-state index contributed by atoms with van der Waals surface area (Å²) in [7, 11) is -3.81. The molecule has 0 radical (unpaired) electrons. The highest BCUT2D eigenvalue weighted by atomic mass is 32.2. The standard InChI is InChI=1S/C20H26N2O3S/c1-14(2)21-19(23)15-9-8-10-16(13-15)26(24,25)22-18-12-7-6-11-17(18)20(3,4)5/h6-14,22H,1-5H3,(H,21,23). The molecule has 140 valence electrons. The molecule has 2 aromatic rings. The molecule has 0 saturated carbocycles.